The Morgan fingerprint density at radius 2 is 2.36 bits per heavy atom. The third-order valence-electron chi connectivity index (χ3n) is 1.92. The topological polar surface area (TPSA) is 26.0 Å². The van der Waals surface area contributed by atoms with Crippen molar-refractivity contribution in [2.24, 2.45) is 5.73 Å². The van der Waals surface area contributed by atoms with E-state index in [1.807, 2.05) is 0 Å². The van der Waals surface area contributed by atoms with Crippen molar-refractivity contribution in [2.45, 2.75) is 23.6 Å². The summed E-state index contributed by atoms with van der Waals surface area (Å²) in [6, 6.07) is 6.55. The maximum absolute atomic E-state index is 5.80. The summed E-state index contributed by atoms with van der Waals surface area (Å²) in [5, 5.41) is 0.284. The predicted octanol–water partition coefficient (Wildman–Crippen LogP) is 1.93. The molecule has 0 bridgehead atoms. The molecule has 0 aliphatic carbocycles. The first-order chi connectivity index (χ1) is 5.25. The average molecular weight is 165 g/mol. The van der Waals surface area contributed by atoms with Gasteiger partial charge >= 0.3 is 0 Å². The molecule has 11 heavy (non-hydrogen) atoms. The fourth-order valence-corrected chi connectivity index (χ4v) is 2.51. The van der Waals surface area contributed by atoms with Crippen LogP contribution in [0.5, 0.6) is 0 Å². The number of rotatable bonds is 0. The molecule has 2 heteroatoms. The van der Waals surface area contributed by atoms with E-state index in [4.69, 9.17) is 5.73 Å². The van der Waals surface area contributed by atoms with E-state index in [1.54, 1.807) is 11.8 Å². The molecule has 0 radical (unpaired) electrons. The molecule has 1 aliphatic rings. The van der Waals surface area contributed by atoms with Gasteiger partial charge in [-0.25, -0.2) is 0 Å². The average Bonchev–Trinajstić information content (AvgIpc) is 2.27. The second-order valence-corrected chi connectivity index (χ2v) is 4.25. The minimum atomic E-state index is 0.284. The van der Waals surface area contributed by atoms with Crippen molar-refractivity contribution in [3.05, 3.63) is 29.3 Å². The molecular formula is C9H11NS. The van der Waals surface area contributed by atoms with E-state index in [0.29, 0.717) is 0 Å². The normalized spacial score (nSPS) is 21.8. The lowest BCUT2D eigenvalue weighted by atomic mass is 10.1. The summed E-state index contributed by atoms with van der Waals surface area (Å²) in [6.45, 7) is 2.12. The quantitative estimate of drug-likeness (QED) is 0.635. The summed E-state index contributed by atoms with van der Waals surface area (Å²) in [5.41, 5.74) is 8.53. The zero-order chi connectivity index (χ0) is 7.84. The first kappa shape index (κ1) is 7.19. The third kappa shape index (κ3) is 1.28. The van der Waals surface area contributed by atoms with Crippen LogP contribution < -0.4 is 5.73 Å². The maximum atomic E-state index is 5.80. The van der Waals surface area contributed by atoms with Crippen LogP contribution in [0, 0.1) is 6.92 Å². The Labute approximate surface area is 71.0 Å². The van der Waals surface area contributed by atoms with Gasteiger partial charge in [0.2, 0.25) is 0 Å². The Kier molecular flexibility index (Phi) is 1.66. The van der Waals surface area contributed by atoms with Crippen LogP contribution in [0.3, 0.4) is 0 Å². The molecule has 1 aliphatic heterocycles. The van der Waals surface area contributed by atoms with Gasteiger partial charge in [-0.1, -0.05) is 12.1 Å². The van der Waals surface area contributed by atoms with Crippen LogP contribution in [0.15, 0.2) is 23.1 Å². The van der Waals surface area contributed by atoms with E-state index < -0.39 is 0 Å². The number of fused-ring (bicyclic) bond motifs is 1. The third-order valence-corrected chi connectivity index (χ3v) is 3.03. The fraction of sp³-hybridized carbons (Fsp3) is 0.333. The second-order valence-electron chi connectivity index (χ2n) is 2.97. The van der Waals surface area contributed by atoms with Gasteiger partial charge in [0.1, 0.15) is 0 Å². The van der Waals surface area contributed by atoms with E-state index in [2.05, 4.69) is 25.1 Å². The van der Waals surface area contributed by atoms with Gasteiger partial charge in [-0.2, -0.15) is 0 Å². The van der Waals surface area contributed by atoms with Crippen molar-refractivity contribution in [3.63, 3.8) is 0 Å². The van der Waals surface area contributed by atoms with Gasteiger partial charge < -0.3 is 5.73 Å². The lowest BCUT2D eigenvalue weighted by Gasteiger charge is -1.97. The summed E-state index contributed by atoms with van der Waals surface area (Å²) in [6.07, 6.45) is 1.03. The summed E-state index contributed by atoms with van der Waals surface area (Å²) >= 11 is 1.78. The van der Waals surface area contributed by atoms with Gasteiger partial charge in [0.05, 0.1) is 5.37 Å². The van der Waals surface area contributed by atoms with Crippen molar-refractivity contribution in [1.82, 2.24) is 0 Å². The Morgan fingerprint density at radius 3 is 3.18 bits per heavy atom. The Bertz CT molecular complexity index is 283. The first-order valence-corrected chi connectivity index (χ1v) is 4.65. The number of nitrogens with two attached hydrogens (primary N) is 1. The Morgan fingerprint density at radius 1 is 1.55 bits per heavy atom. The van der Waals surface area contributed by atoms with Crippen molar-refractivity contribution in [1.29, 1.82) is 0 Å². The lowest BCUT2D eigenvalue weighted by Crippen LogP contribution is -2.12. The molecule has 1 heterocycles. The molecule has 1 atom stereocenters. The minimum Gasteiger partial charge on any atom is -0.319 e. The monoisotopic (exact) mass is 165 g/mol. The molecule has 0 fully saturated rings. The Hall–Kier alpha value is -0.470. The SMILES string of the molecule is Cc1ccc2c(c1)SC(N)C2. The summed E-state index contributed by atoms with van der Waals surface area (Å²) < 4.78 is 0. The van der Waals surface area contributed by atoms with Gasteiger partial charge in [0.25, 0.3) is 0 Å². The van der Waals surface area contributed by atoms with Crippen LogP contribution in [0.4, 0.5) is 0 Å². The molecule has 0 saturated carbocycles. The second kappa shape index (κ2) is 2.54. The summed E-state index contributed by atoms with van der Waals surface area (Å²) in [4.78, 5) is 1.37. The van der Waals surface area contributed by atoms with Crippen LogP contribution in [0.1, 0.15) is 11.1 Å². The lowest BCUT2D eigenvalue weighted by molar-refractivity contribution is 0.918. The molecule has 2 N–H and O–H groups in total. The van der Waals surface area contributed by atoms with Crippen molar-refractivity contribution >= 4 is 11.8 Å². The van der Waals surface area contributed by atoms with Crippen LogP contribution in [0.25, 0.3) is 0 Å². The van der Waals surface area contributed by atoms with Gasteiger partial charge in [-0.05, 0) is 30.5 Å². The molecule has 1 unspecified atom stereocenters. The molecule has 1 aromatic rings. The number of benzene rings is 1. The van der Waals surface area contributed by atoms with Crippen LogP contribution in [0.2, 0.25) is 0 Å². The molecule has 0 spiro atoms. The molecular weight excluding hydrogens is 154 g/mol. The maximum Gasteiger partial charge on any atom is 0.0595 e. The standard InChI is InChI=1S/C9H11NS/c1-6-2-3-7-5-9(10)11-8(7)4-6/h2-4,9H,5,10H2,1H3. The molecule has 0 amide bonds. The van der Waals surface area contributed by atoms with Crippen molar-refractivity contribution < 1.29 is 0 Å². The molecule has 58 valence electrons. The van der Waals surface area contributed by atoms with E-state index in [9.17, 15) is 0 Å². The fourth-order valence-electron chi connectivity index (χ4n) is 1.36. The van der Waals surface area contributed by atoms with Gasteiger partial charge in [-0.3, -0.25) is 0 Å². The van der Waals surface area contributed by atoms with Gasteiger partial charge in [0, 0.05) is 4.90 Å². The smallest absolute Gasteiger partial charge is 0.0595 e. The van der Waals surface area contributed by atoms with E-state index >= 15 is 0 Å². The largest absolute Gasteiger partial charge is 0.319 e. The highest BCUT2D eigenvalue weighted by Gasteiger charge is 2.17. The zero-order valence-electron chi connectivity index (χ0n) is 6.50. The van der Waals surface area contributed by atoms with Gasteiger partial charge in [0.15, 0.2) is 0 Å². The molecule has 0 saturated heterocycles. The first-order valence-electron chi connectivity index (χ1n) is 3.77. The van der Waals surface area contributed by atoms with Crippen LogP contribution in [-0.2, 0) is 6.42 Å². The highest BCUT2D eigenvalue weighted by molar-refractivity contribution is 8.00. The van der Waals surface area contributed by atoms with Crippen molar-refractivity contribution in [2.75, 3.05) is 0 Å². The summed E-state index contributed by atoms with van der Waals surface area (Å²) in [5.74, 6) is 0. The van der Waals surface area contributed by atoms with E-state index in [-0.39, 0.29) is 5.37 Å². The highest BCUT2D eigenvalue weighted by Crippen LogP contribution is 2.34. The number of aryl methyl sites for hydroxylation is 1. The Balaban J connectivity index is 2.43. The van der Waals surface area contributed by atoms with E-state index in [1.165, 1.54) is 16.0 Å². The minimum absolute atomic E-state index is 0.284. The predicted molar refractivity (Wildman–Crippen MR) is 48.7 cm³/mol. The molecule has 2 rings (SSSR count). The van der Waals surface area contributed by atoms with Gasteiger partial charge in [-0.15, -0.1) is 11.8 Å². The molecule has 0 aromatic heterocycles. The molecule has 1 aromatic carbocycles. The summed E-state index contributed by atoms with van der Waals surface area (Å²) in [7, 11) is 0. The van der Waals surface area contributed by atoms with Crippen molar-refractivity contribution in [3.8, 4) is 0 Å². The van der Waals surface area contributed by atoms with E-state index in [0.717, 1.165) is 6.42 Å². The zero-order valence-corrected chi connectivity index (χ0v) is 7.32. The highest BCUT2D eigenvalue weighted by atomic mass is 32.2. The number of hydrogen-bond acceptors (Lipinski definition) is 2. The molecule has 1 nitrogen and oxygen atoms in total. The number of thioether (sulfide) groups is 1. The van der Waals surface area contributed by atoms with Crippen LogP contribution in [-0.4, -0.2) is 5.37 Å². The van der Waals surface area contributed by atoms with Crippen LogP contribution >= 0.6 is 11.8 Å². The number of hydrogen-bond donors (Lipinski definition) is 1.